The molecule has 1 aliphatic rings. The Morgan fingerprint density at radius 3 is 2.76 bits per heavy atom. The summed E-state index contributed by atoms with van der Waals surface area (Å²) in [4.78, 5) is 13.2. The van der Waals surface area contributed by atoms with Gasteiger partial charge in [-0.2, -0.15) is 5.10 Å². The lowest BCUT2D eigenvalue weighted by Crippen LogP contribution is -2.43. The molecule has 0 saturated carbocycles. The van der Waals surface area contributed by atoms with Gasteiger partial charge in [0, 0.05) is 12.7 Å². The van der Waals surface area contributed by atoms with Crippen LogP contribution < -0.4 is 10.9 Å². The molecular weight excluding hydrogens is 343 g/mol. The van der Waals surface area contributed by atoms with Gasteiger partial charge in [-0.05, 0) is 30.5 Å². The number of halogens is 2. The Labute approximate surface area is 149 Å². The third kappa shape index (κ3) is 2.75. The molecule has 1 saturated heterocycles. The molecule has 5 nitrogen and oxygen atoms in total. The van der Waals surface area contributed by atoms with Crippen LogP contribution in [0.15, 0.2) is 47.4 Å². The maximum Gasteiger partial charge on any atom is 0.284 e. The van der Waals surface area contributed by atoms with Crippen molar-refractivity contribution in [2.75, 3.05) is 6.54 Å². The fraction of sp³-hybridized carbons (Fsp3) is 0.333. The number of hydrogen-bond donors (Lipinski definition) is 1. The Bertz CT molecular complexity index is 968. The van der Waals surface area contributed by atoms with Crippen molar-refractivity contribution >= 4 is 17.1 Å². The third-order valence-corrected chi connectivity index (χ3v) is 5.02. The van der Waals surface area contributed by atoms with Crippen LogP contribution in [0.3, 0.4) is 0 Å². The normalized spacial score (nSPS) is 23.9. The minimum absolute atomic E-state index is 0.00842. The molecule has 0 radical (unpaired) electrons. The zero-order valence-electron chi connectivity index (χ0n) is 13.7. The summed E-state index contributed by atoms with van der Waals surface area (Å²) >= 11 is 6.18. The first-order chi connectivity index (χ1) is 12.1. The molecule has 0 aliphatic carbocycles. The van der Waals surface area contributed by atoms with Crippen molar-refractivity contribution in [1.82, 2.24) is 19.5 Å². The van der Waals surface area contributed by atoms with E-state index in [0.29, 0.717) is 28.5 Å². The predicted molar refractivity (Wildman–Crippen MR) is 95.2 cm³/mol. The van der Waals surface area contributed by atoms with Crippen LogP contribution in [-0.2, 0) is 0 Å². The first kappa shape index (κ1) is 16.3. The van der Waals surface area contributed by atoms with E-state index >= 15 is 0 Å². The van der Waals surface area contributed by atoms with Crippen LogP contribution in [-0.4, -0.2) is 26.9 Å². The average molecular weight is 361 g/mol. The average Bonchev–Trinajstić information content (AvgIpc) is 2.97. The smallest absolute Gasteiger partial charge is 0.284 e. The maximum absolute atomic E-state index is 13.7. The number of alkyl halides is 1. The molecule has 3 aromatic rings. The van der Waals surface area contributed by atoms with Gasteiger partial charge in [0.2, 0.25) is 0 Å². The molecule has 2 aromatic heterocycles. The summed E-state index contributed by atoms with van der Waals surface area (Å²) in [6.45, 7) is 2.22. The molecule has 1 fully saturated rings. The molecule has 0 spiro atoms. The van der Waals surface area contributed by atoms with E-state index < -0.39 is 6.17 Å². The van der Waals surface area contributed by atoms with Gasteiger partial charge in [0.15, 0.2) is 5.82 Å². The van der Waals surface area contributed by atoms with Crippen molar-refractivity contribution in [3.05, 3.63) is 63.8 Å². The molecule has 1 aliphatic heterocycles. The van der Waals surface area contributed by atoms with Crippen molar-refractivity contribution in [2.24, 2.45) is 5.92 Å². The van der Waals surface area contributed by atoms with E-state index in [2.05, 4.69) is 10.4 Å². The lowest BCUT2D eigenvalue weighted by Gasteiger charge is -2.32. The number of benzene rings is 1. The predicted octanol–water partition coefficient (Wildman–Crippen LogP) is 3.15. The molecule has 130 valence electrons. The van der Waals surface area contributed by atoms with E-state index in [0.717, 1.165) is 0 Å². The second-order valence-electron chi connectivity index (χ2n) is 6.49. The number of hydrogen-bond acceptors (Lipinski definition) is 3. The van der Waals surface area contributed by atoms with E-state index in [1.54, 1.807) is 16.8 Å². The molecule has 1 aromatic carbocycles. The molecule has 3 atom stereocenters. The zero-order valence-corrected chi connectivity index (χ0v) is 14.4. The largest absolute Gasteiger partial charge is 0.304 e. The fourth-order valence-corrected chi connectivity index (χ4v) is 3.72. The Balaban J connectivity index is 1.98. The van der Waals surface area contributed by atoms with Gasteiger partial charge in [-0.25, -0.2) is 8.91 Å². The van der Waals surface area contributed by atoms with Crippen LogP contribution in [0.2, 0.25) is 5.02 Å². The molecular formula is C18H18ClFN4O. The van der Waals surface area contributed by atoms with Gasteiger partial charge < -0.3 is 5.32 Å². The van der Waals surface area contributed by atoms with E-state index in [9.17, 15) is 9.18 Å². The van der Waals surface area contributed by atoms with Crippen LogP contribution in [0, 0.1) is 5.92 Å². The van der Waals surface area contributed by atoms with Gasteiger partial charge in [0.25, 0.3) is 5.56 Å². The van der Waals surface area contributed by atoms with Crippen molar-refractivity contribution in [3.63, 3.8) is 0 Å². The fourth-order valence-electron chi connectivity index (χ4n) is 3.50. The second-order valence-corrected chi connectivity index (χ2v) is 6.89. The van der Waals surface area contributed by atoms with Crippen molar-refractivity contribution in [2.45, 2.75) is 25.6 Å². The minimum Gasteiger partial charge on any atom is -0.304 e. The summed E-state index contributed by atoms with van der Waals surface area (Å²) in [6.07, 6.45) is 1.23. The standard InChI is InChI=1S/C18H18ClFN4O/c1-11-9-12(20)10-21-15(11)17-22-23-8-7-14(19)16(23)18(25)24(17)13-5-3-2-4-6-13/h2-8,11-12,15,21H,9-10H2,1H3/t11-,12+,15+/m1/s1. The second kappa shape index (κ2) is 6.28. The van der Waals surface area contributed by atoms with Crippen molar-refractivity contribution in [1.29, 1.82) is 0 Å². The number of para-hydroxylation sites is 1. The molecule has 7 heteroatoms. The van der Waals surface area contributed by atoms with E-state index in [1.807, 2.05) is 37.3 Å². The highest BCUT2D eigenvalue weighted by Crippen LogP contribution is 2.30. The molecule has 25 heavy (non-hydrogen) atoms. The lowest BCUT2D eigenvalue weighted by atomic mass is 9.91. The number of nitrogens with one attached hydrogen (secondary N) is 1. The monoisotopic (exact) mass is 360 g/mol. The summed E-state index contributed by atoms with van der Waals surface area (Å²) < 4.78 is 16.8. The first-order valence-electron chi connectivity index (χ1n) is 8.29. The highest BCUT2D eigenvalue weighted by atomic mass is 35.5. The Morgan fingerprint density at radius 2 is 2.04 bits per heavy atom. The molecule has 0 amide bonds. The molecule has 0 unspecified atom stereocenters. The van der Waals surface area contributed by atoms with Gasteiger partial charge in [-0.15, -0.1) is 0 Å². The third-order valence-electron chi connectivity index (χ3n) is 4.71. The van der Waals surface area contributed by atoms with Gasteiger partial charge >= 0.3 is 0 Å². The SMILES string of the molecule is C[C@@H]1C[C@H](F)CN[C@@H]1c1nn2ccc(Cl)c2c(=O)n1-c1ccccc1. The van der Waals surface area contributed by atoms with Gasteiger partial charge in [-0.3, -0.25) is 9.36 Å². The summed E-state index contributed by atoms with van der Waals surface area (Å²) in [6, 6.07) is 10.8. The van der Waals surface area contributed by atoms with Crippen LogP contribution >= 0.6 is 11.6 Å². The lowest BCUT2D eigenvalue weighted by molar-refractivity contribution is 0.174. The highest BCUT2D eigenvalue weighted by Gasteiger charge is 2.32. The number of fused-ring (bicyclic) bond motifs is 1. The molecule has 4 rings (SSSR count). The maximum atomic E-state index is 13.7. The van der Waals surface area contributed by atoms with E-state index in [1.165, 1.54) is 4.52 Å². The molecule has 0 bridgehead atoms. The Kier molecular flexibility index (Phi) is 4.09. The van der Waals surface area contributed by atoms with E-state index in [4.69, 9.17) is 11.6 Å². The number of nitrogens with zero attached hydrogens (tertiary/aromatic N) is 3. The van der Waals surface area contributed by atoms with Crippen molar-refractivity contribution < 1.29 is 4.39 Å². The van der Waals surface area contributed by atoms with Crippen LogP contribution in [0.5, 0.6) is 0 Å². The molecule has 1 N–H and O–H groups in total. The summed E-state index contributed by atoms with van der Waals surface area (Å²) in [5, 5.41) is 8.21. The number of aromatic nitrogens is 3. The number of rotatable bonds is 2. The van der Waals surface area contributed by atoms with Crippen molar-refractivity contribution in [3.8, 4) is 5.69 Å². The van der Waals surface area contributed by atoms with Crippen LogP contribution in [0.4, 0.5) is 4.39 Å². The molecule has 3 heterocycles. The van der Waals surface area contributed by atoms with Gasteiger partial charge in [-0.1, -0.05) is 36.7 Å². The number of piperidine rings is 1. The Morgan fingerprint density at radius 1 is 1.28 bits per heavy atom. The quantitative estimate of drug-likeness (QED) is 0.763. The Hall–Kier alpha value is -2.18. The van der Waals surface area contributed by atoms with Gasteiger partial charge in [0.1, 0.15) is 11.7 Å². The minimum atomic E-state index is -0.882. The van der Waals surface area contributed by atoms with Crippen LogP contribution in [0.25, 0.3) is 11.2 Å². The topological polar surface area (TPSA) is 51.3 Å². The zero-order chi connectivity index (χ0) is 17.6. The summed E-state index contributed by atoms with van der Waals surface area (Å²) in [7, 11) is 0. The highest BCUT2D eigenvalue weighted by molar-refractivity contribution is 6.33. The summed E-state index contributed by atoms with van der Waals surface area (Å²) in [5.74, 6) is 0.574. The van der Waals surface area contributed by atoms with Crippen LogP contribution in [0.1, 0.15) is 25.2 Å². The first-order valence-corrected chi connectivity index (χ1v) is 8.66. The van der Waals surface area contributed by atoms with Gasteiger partial charge in [0.05, 0.1) is 16.8 Å². The van der Waals surface area contributed by atoms with E-state index in [-0.39, 0.29) is 24.1 Å². The summed E-state index contributed by atoms with van der Waals surface area (Å²) in [5.41, 5.74) is 0.815.